The van der Waals surface area contributed by atoms with Crippen molar-refractivity contribution in [2.24, 2.45) is 11.8 Å². The average Bonchev–Trinajstić information content (AvgIpc) is 3.11. The summed E-state index contributed by atoms with van der Waals surface area (Å²) in [4.78, 5) is 24.1. The molecule has 0 aromatic heterocycles. The number of carbonyl (C=O) groups excluding carboxylic acids is 1. The van der Waals surface area contributed by atoms with Crippen molar-refractivity contribution in [3.05, 3.63) is 29.8 Å². The summed E-state index contributed by atoms with van der Waals surface area (Å²) in [5, 5.41) is 18.4. The van der Waals surface area contributed by atoms with Gasteiger partial charge in [-0.2, -0.15) is 0 Å². The van der Waals surface area contributed by atoms with E-state index in [0.717, 1.165) is 0 Å². The Balaban J connectivity index is 1.97. The lowest BCUT2D eigenvalue weighted by Crippen LogP contribution is -2.28. The lowest BCUT2D eigenvalue weighted by Gasteiger charge is -2.17. The number of rotatable bonds is 4. The maximum atomic E-state index is 11.9. The maximum Gasteiger partial charge on any atom is 0.307 e. The van der Waals surface area contributed by atoms with Gasteiger partial charge in [-0.3, -0.25) is 9.59 Å². The highest BCUT2D eigenvalue weighted by molar-refractivity contribution is 5.89. The van der Waals surface area contributed by atoms with E-state index < -0.39 is 17.8 Å². The van der Waals surface area contributed by atoms with Gasteiger partial charge in [0.15, 0.2) is 0 Å². The van der Waals surface area contributed by atoms with Crippen molar-refractivity contribution in [2.75, 3.05) is 7.05 Å². The molecule has 0 spiro atoms. The molecule has 1 aliphatic rings. The van der Waals surface area contributed by atoms with Crippen molar-refractivity contribution < 1.29 is 19.8 Å². The fourth-order valence-corrected chi connectivity index (χ4v) is 2.00. The molecule has 1 aromatic rings. The first kappa shape index (κ1) is 12.4. The number of nitrogens with zero attached hydrogens (tertiary/aromatic N) is 1. The van der Waals surface area contributed by atoms with Gasteiger partial charge in [-0.25, -0.2) is 0 Å². The van der Waals surface area contributed by atoms with E-state index in [1.54, 1.807) is 31.3 Å². The van der Waals surface area contributed by atoms with Crippen LogP contribution in [0.15, 0.2) is 24.3 Å². The Labute approximate surface area is 105 Å². The van der Waals surface area contributed by atoms with Gasteiger partial charge in [0.2, 0.25) is 5.91 Å². The van der Waals surface area contributed by atoms with Crippen molar-refractivity contribution in [2.45, 2.75) is 13.0 Å². The first-order valence-electron chi connectivity index (χ1n) is 5.75. The summed E-state index contributed by atoms with van der Waals surface area (Å²) in [5.74, 6) is -1.89. The molecular weight excluding hydrogens is 234 g/mol. The van der Waals surface area contributed by atoms with Gasteiger partial charge < -0.3 is 15.1 Å². The summed E-state index contributed by atoms with van der Waals surface area (Å²) in [5.41, 5.74) is 0.654. The molecule has 5 nitrogen and oxygen atoms in total. The lowest BCUT2D eigenvalue weighted by atomic mass is 10.2. The molecule has 0 unspecified atom stereocenters. The van der Waals surface area contributed by atoms with Crippen molar-refractivity contribution in [3.63, 3.8) is 0 Å². The van der Waals surface area contributed by atoms with Crippen LogP contribution in [0.5, 0.6) is 5.75 Å². The molecule has 0 saturated heterocycles. The highest BCUT2D eigenvalue weighted by atomic mass is 16.4. The minimum atomic E-state index is -0.913. The number of carboxylic acid groups (broad SMARTS) is 1. The van der Waals surface area contributed by atoms with E-state index in [9.17, 15) is 14.7 Å². The molecule has 1 aliphatic carbocycles. The van der Waals surface area contributed by atoms with Crippen LogP contribution in [0.4, 0.5) is 0 Å². The van der Waals surface area contributed by atoms with Crippen LogP contribution in [0, 0.1) is 11.8 Å². The summed E-state index contributed by atoms with van der Waals surface area (Å²) in [6.07, 6.45) is 0.416. The number of hydrogen-bond acceptors (Lipinski definition) is 3. The van der Waals surface area contributed by atoms with Gasteiger partial charge in [0.25, 0.3) is 0 Å². The molecule has 1 aromatic carbocycles. The monoisotopic (exact) mass is 249 g/mol. The van der Waals surface area contributed by atoms with Crippen molar-refractivity contribution >= 4 is 11.9 Å². The molecule has 2 atom stereocenters. The van der Waals surface area contributed by atoms with Gasteiger partial charge in [0.1, 0.15) is 5.75 Å². The number of aromatic hydroxyl groups is 1. The van der Waals surface area contributed by atoms with Crippen LogP contribution in [-0.4, -0.2) is 34.0 Å². The Hall–Kier alpha value is -2.04. The average molecular weight is 249 g/mol. The highest BCUT2D eigenvalue weighted by Crippen LogP contribution is 2.40. The predicted molar refractivity (Wildman–Crippen MR) is 63.8 cm³/mol. The number of carboxylic acids is 1. The number of para-hydroxylation sites is 1. The molecule has 2 rings (SSSR count). The zero-order valence-electron chi connectivity index (χ0n) is 10.0. The Morgan fingerprint density at radius 2 is 2.00 bits per heavy atom. The van der Waals surface area contributed by atoms with Crippen molar-refractivity contribution in [1.82, 2.24) is 4.90 Å². The second-order valence-electron chi connectivity index (χ2n) is 4.61. The Morgan fingerprint density at radius 1 is 1.33 bits per heavy atom. The van der Waals surface area contributed by atoms with Gasteiger partial charge in [0, 0.05) is 19.2 Å². The Morgan fingerprint density at radius 3 is 2.56 bits per heavy atom. The third kappa shape index (κ3) is 2.45. The SMILES string of the molecule is CN(Cc1ccccc1O)C(=O)[C@@H]1C[C@@H]1C(=O)O. The van der Waals surface area contributed by atoms with Crippen molar-refractivity contribution in [3.8, 4) is 5.75 Å². The van der Waals surface area contributed by atoms with Crippen LogP contribution in [-0.2, 0) is 16.1 Å². The fourth-order valence-electron chi connectivity index (χ4n) is 2.00. The third-order valence-electron chi connectivity index (χ3n) is 3.20. The van der Waals surface area contributed by atoms with Crippen LogP contribution in [0.3, 0.4) is 0 Å². The van der Waals surface area contributed by atoms with Crippen LogP contribution in [0.1, 0.15) is 12.0 Å². The Bertz CT molecular complexity index is 486. The quantitative estimate of drug-likeness (QED) is 0.836. The van der Waals surface area contributed by atoms with E-state index in [4.69, 9.17) is 5.11 Å². The summed E-state index contributed by atoms with van der Waals surface area (Å²) in [6, 6.07) is 6.79. The molecule has 1 saturated carbocycles. The number of benzene rings is 1. The van der Waals surface area contributed by atoms with Crippen LogP contribution >= 0.6 is 0 Å². The standard InChI is InChI=1S/C13H15NO4/c1-14(7-8-4-2-3-5-11(8)15)12(16)9-6-10(9)13(17)18/h2-5,9-10,15H,6-7H2,1H3,(H,17,18)/t9-,10+/m1/s1. The van der Waals surface area contributed by atoms with E-state index in [2.05, 4.69) is 0 Å². The van der Waals surface area contributed by atoms with Gasteiger partial charge in [-0.15, -0.1) is 0 Å². The minimum Gasteiger partial charge on any atom is -0.508 e. The van der Waals surface area contributed by atoms with E-state index in [1.165, 1.54) is 4.90 Å². The first-order chi connectivity index (χ1) is 8.50. The third-order valence-corrected chi connectivity index (χ3v) is 3.20. The maximum absolute atomic E-state index is 11.9. The summed E-state index contributed by atoms with van der Waals surface area (Å²) >= 11 is 0. The number of carbonyl (C=O) groups is 2. The van der Waals surface area contributed by atoms with E-state index in [1.807, 2.05) is 0 Å². The fraction of sp³-hybridized carbons (Fsp3) is 0.385. The zero-order valence-corrected chi connectivity index (χ0v) is 10.0. The van der Waals surface area contributed by atoms with Gasteiger partial charge >= 0.3 is 5.97 Å². The largest absolute Gasteiger partial charge is 0.508 e. The van der Waals surface area contributed by atoms with Crippen LogP contribution in [0.25, 0.3) is 0 Å². The second kappa shape index (κ2) is 4.68. The molecule has 18 heavy (non-hydrogen) atoms. The predicted octanol–water partition coefficient (Wildman–Crippen LogP) is 1.07. The smallest absolute Gasteiger partial charge is 0.307 e. The van der Waals surface area contributed by atoms with E-state index >= 15 is 0 Å². The number of phenolic OH excluding ortho intramolecular Hbond substituents is 1. The molecule has 0 heterocycles. The van der Waals surface area contributed by atoms with Gasteiger partial charge in [-0.1, -0.05) is 18.2 Å². The van der Waals surface area contributed by atoms with Gasteiger partial charge in [-0.05, 0) is 12.5 Å². The van der Waals surface area contributed by atoms with Gasteiger partial charge in [0.05, 0.1) is 11.8 Å². The summed E-state index contributed by atoms with van der Waals surface area (Å²) in [7, 11) is 1.62. The molecule has 0 bridgehead atoms. The summed E-state index contributed by atoms with van der Waals surface area (Å²) < 4.78 is 0. The number of phenols is 1. The number of amides is 1. The number of aliphatic carboxylic acids is 1. The van der Waals surface area contributed by atoms with Crippen LogP contribution in [0.2, 0.25) is 0 Å². The zero-order chi connectivity index (χ0) is 13.3. The topological polar surface area (TPSA) is 77.8 Å². The molecule has 2 N–H and O–H groups in total. The number of hydrogen-bond donors (Lipinski definition) is 2. The molecule has 0 aliphatic heterocycles. The van der Waals surface area contributed by atoms with Crippen LogP contribution < -0.4 is 0 Å². The lowest BCUT2D eigenvalue weighted by molar-refractivity contribution is -0.141. The van der Waals surface area contributed by atoms with Crippen molar-refractivity contribution in [1.29, 1.82) is 0 Å². The molecule has 96 valence electrons. The first-order valence-corrected chi connectivity index (χ1v) is 5.75. The normalized spacial score (nSPS) is 21.4. The summed E-state index contributed by atoms with van der Waals surface area (Å²) in [6.45, 7) is 0.286. The molecule has 0 radical (unpaired) electrons. The Kier molecular flexibility index (Phi) is 3.23. The van der Waals surface area contributed by atoms with E-state index in [0.29, 0.717) is 12.0 Å². The second-order valence-corrected chi connectivity index (χ2v) is 4.61. The highest BCUT2D eigenvalue weighted by Gasteiger charge is 2.49. The molecular formula is C13H15NO4. The molecule has 1 fully saturated rings. The van der Waals surface area contributed by atoms with E-state index in [-0.39, 0.29) is 18.2 Å². The molecule has 1 amide bonds. The minimum absolute atomic E-state index is 0.141. The molecule has 5 heteroatoms.